The van der Waals surface area contributed by atoms with Gasteiger partial charge < -0.3 is 14.2 Å². The van der Waals surface area contributed by atoms with Gasteiger partial charge in [-0.25, -0.2) is 0 Å². The number of hydrogen-bond acceptors (Lipinski definition) is 7. The quantitative estimate of drug-likeness (QED) is 0.542. The first kappa shape index (κ1) is 16.0. The third-order valence-electron chi connectivity index (χ3n) is 2.99. The number of nitrogens with zero attached hydrogens (tertiary/aromatic N) is 2. The molecule has 1 N–H and O–H groups in total. The molecule has 0 bridgehead atoms. The Balaban J connectivity index is 1.58. The number of carbonyl (C=O) groups is 2. The summed E-state index contributed by atoms with van der Waals surface area (Å²) in [6.07, 6.45) is 1.51. The number of carbonyl (C=O) groups excluding carboxylic acids is 2. The number of anilines is 1. The van der Waals surface area contributed by atoms with Gasteiger partial charge in [-0.15, -0.1) is 10.2 Å². The molecule has 0 unspecified atom stereocenters. The van der Waals surface area contributed by atoms with Crippen LogP contribution in [0, 0.1) is 0 Å². The van der Waals surface area contributed by atoms with Gasteiger partial charge in [0, 0.05) is 18.2 Å². The predicted molar refractivity (Wildman–Crippen MR) is 87.8 cm³/mol. The first-order valence-corrected chi connectivity index (χ1v) is 8.01. The van der Waals surface area contributed by atoms with E-state index in [0.29, 0.717) is 22.2 Å². The second kappa shape index (κ2) is 7.14. The Kier molecular flexibility index (Phi) is 4.76. The number of hydrogen-bond donors (Lipinski definition) is 1. The van der Waals surface area contributed by atoms with E-state index < -0.39 is 0 Å². The monoisotopic (exact) mass is 343 g/mol. The van der Waals surface area contributed by atoms with Crippen molar-refractivity contribution in [2.45, 2.75) is 12.1 Å². The number of thioether (sulfide) groups is 1. The van der Waals surface area contributed by atoms with Gasteiger partial charge in [-0.2, -0.15) is 0 Å². The van der Waals surface area contributed by atoms with Crippen molar-refractivity contribution in [2.24, 2.45) is 0 Å². The van der Waals surface area contributed by atoms with Crippen LogP contribution in [0.4, 0.5) is 5.69 Å². The predicted octanol–water partition coefficient (Wildman–Crippen LogP) is 3.26. The molecule has 0 aliphatic heterocycles. The van der Waals surface area contributed by atoms with Crippen molar-refractivity contribution < 1.29 is 18.4 Å². The number of aromatic nitrogens is 2. The van der Waals surface area contributed by atoms with E-state index in [1.165, 1.54) is 13.2 Å². The Hall–Kier alpha value is -2.87. The topological polar surface area (TPSA) is 98.2 Å². The van der Waals surface area contributed by atoms with Gasteiger partial charge in [0.15, 0.2) is 11.5 Å². The van der Waals surface area contributed by atoms with E-state index in [1.807, 2.05) is 0 Å². The van der Waals surface area contributed by atoms with Crippen molar-refractivity contribution >= 4 is 29.1 Å². The molecular weight excluding hydrogens is 330 g/mol. The third-order valence-corrected chi connectivity index (χ3v) is 3.81. The molecule has 1 aromatic carbocycles. The van der Waals surface area contributed by atoms with Crippen LogP contribution in [0.1, 0.15) is 17.3 Å². The fraction of sp³-hybridized carbons (Fsp3) is 0.125. The minimum atomic E-state index is -0.159. The SMILES string of the molecule is CC(=O)Nc1ccc(C(=O)CSc2nnc(-c3ccco3)o2)cc1. The first-order chi connectivity index (χ1) is 11.6. The fourth-order valence-electron chi connectivity index (χ4n) is 1.92. The fourth-order valence-corrected chi connectivity index (χ4v) is 2.58. The van der Waals surface area contributed by atoms with Crippen molar-refractivity contribution in [3.63, 3.8) is 0 Å². The van der Waals surface area contributed by atoms with Crippen LogP contribution in [-0.2, 0) is 4.79 Å². The second-order valence-corrected chi connectivity index (χ2v) is 5.75. The van der Waals surface area contributed by atoms with Gasteiger partial charge in [0.25, 0.3) is 11.1 Å². The van der Waals surface area contributed by atoms with Crippen LogP contribution < -0.4 is 5.32 Å². The first-order valence-electron chi connectivity index (χ1n) is 7.03. The van der Waals surface area contributed by atoms with E-state index in [-0.39, 0.29) is 23.3 Å². The number of rotatable bonds is 6. The normalized spacial score (nSPS) is 10.5. The van der Waals surface area contributed by atoms with Gasteiger partial charge in [0.1, 0.15) is 0 Å². The molecule has 8 heteroatoms. The smallest absolute Gasteiger partial charge is 0.284 e. The highest BCUT2D eigenvalue weighted by Crippen LogP contribution is 2.24. The molecular formula is C16H13N3O4S. The van der Waals surface area contributed by atoms with Crippen LogP contribution in [0.3, 0.4) is 0 Å². The molecule has 0 spiro atoms. The summed E-state index contributed by atoms with van der Waals surface area (Å²) < 4.78 is 10.6. The lowest BCUT2D eigenvalue weighted by molar-refractivity contribution is -0.114. The Labute approximate surface area is 141 Å². The van der Waals surface area contributed by atoms with Crippen LogP contribution in [-0.4, -0.2) is 27.6 Å². The lowest BCUT2D eigenvalue weighted by Gasteiger charge is -2.03. The molecule has 122 valence electrons. The molecule has 7 nitrogen and oxygen atoms in total. The Bertz CT molecular complexity index is 841. The second-order valence-electron chi connectivity index (χ2n) is 4.82. The van der Waals surface area contributed by atoms with Gasteiger partial charge in [0.2, 0.25) is 5.91 Å². The summed E-state index contributed by atoms with van der Waals surface area (Å²) in [6, 6.07) is 10.1. The Morgan fingerprint density at radius 1 is 1.17 bits per heavy atom. The molecule has 2 aromatic heterocycles. The van der Waals surface area contributed by atoms with Gasteiger partial charge in [-0.3, -0.25) is 9.59 Å². The van der Waals surface area contributed by atoms with Crippen LogP contribution in [0.5, 0.6) is 0 Å². The van der Waals surface area contributed by atoms with Crippen molar-refractivity contribution in [2.75, 3.05) is 11.1 Å². The minimum absolute atomic E-state index is 0.0767. The van der Waals surface area contributed by atoms with Crippen LogP contribution >= 0.6 is 11.8 Å². The zero-order chi connectivity index (χ0) is 16.9. The summed E-state index contributed by atoms with van der Waals surface area (Å²) >= 11 is 1.16. The molecule has 24 heavy (non-hydrogen) atoms. The molecule has 0 atom stereocenters. The summed E-state index contributed by atoms with van der Waals surface area (Å²) in [6.45, 7) is 1.43. The lowest BCUT2D eigenvalue weighted by Crippen LogP contribution is -2.07. The Morgan fingerprint density at radius 3 is 2.62 bits per heavy atom. The highest BCUT2D eigenvalue weighted by molar-refractivity contribution is 7.99. The molecule has 0 aliphatic carbocycles. The van der Waals surface area contributed by atoms with Crippen LogP contribution in [0.25, 0.3) is 11.7 Å². The van der Waals surface area contributed by atoms with Crippen molar-refractivity contribution in [1.82, 2.24) is 10.2 Å². The Morgan fingerprint density at radius 2 is 1.96 bits per heavy atom. The maximum Gasteiger partial charge on any atom is 0.284 e. The highest BCUT2D eigenvalue weighted by Gasteiger charge is 2.13. The minimum Gasteiger partial charge on any atom is -0.459 e. The van der Waals surface area contributed by atoms with E-state index in [9.17, 15) is 9.59 Å². The molecule has 0 radical (unpaired) electrons. The number of nitrogens with one attached hydrogen (secondary N) is 1. The maximum absolute atomic E-state index is 12.2. The molecule has 3 rings (SSSR count). The lowest BCUT2D eigenvalue weighted by atomic mass is 10.1. The zero-order valence-electron chi connectivity index (χ0n) is 12.7. The standard InChI is InChI=1S/C16H13N3O4S/c1-10(20)17-12-6-4-11(5-7-12)13(21)9-24-16-19-18-15(23-16)14-3-2-8-22-14/h2-8H,9H2,1H3,(H,17,20). The van der Waals surface area contributed by atoms with Gasteiger partial charge in [-0.1, -0.05) is 11.8 Å². The van der Waals surface area contributed by atoms with Gasteiger partial charge in [-0.05, 0) is 36.4 Å². The van der Waals surface area contributed by atoms with E-state index in [2.05, 4.69) is 15.5 Å². The highest BCUT2D eigenvalue weighted by atomic mass is 32.2. The summed E-state index contributed by atoms with van der Waals surface area (Å²) in [5.41, 5.74) is 1.19. The number of benzene rings is 1. The molecule has 0 saturated heterocycles. The molecule has 3 aromatic rings. The average Bonchev–Trinajstić information content (AvgIpc) is 3.24. The number of furan rings is 1. The van der Waals surface area contributed by atoms with Crippen LogP contribution in [0.2, 0.25) is 0 Å². The van der Waals surface area contributed by atoms with Gasteiger partial charge >= 0.3 is 0 Å². The van der Waals surface area contributed by atoms with Crippen molar-refractivity contribution in [1.29, 1.82) is 0 Å². The van der Waals surface area contributed by atoms with E-state index in [1.54, 1.807) is 36.4 Å². The van der Waals surface area contributed by atoms with E-state index in [0.717, 1.165) is 11.8 Å². The van der Waals surface area contributed by atoms with Gasteiger partial charge in [0.05, 0.1) is 12.0 Å². The van der Waals surface area contributed by atoms with Crippen LogP contribution in [0.15, 0.2) is 56.7 Å². The van der Waals surface area contributed by atoms with E-state index in [4.69, 9.17) is 8.83 Å². The summed E-state index contributed by atoms with van der Waals surface area (Å²) in [5.74, 6) is 0.684. The van der Waals surface area contributed by atoms with Crippen molar-refractivity contribution in [3.8, 4) is 11.7 Å². The maximum atomic E-state index is 12.2. The molecule has 1 amide bonds. The number of amides is 1. The molecule has 0 saturated carbocycles. The zero-order valence-corrected chi connectivity index (χ0v) is 13.5. The number of ketones is 1. The molecule has 2 heterocycles. The van der Waals surface area contributed by atoms with E-state index >= 15 is 0 Å². The molecule has 0 fully saturated rings. The van der Waals surface area contributed by atoms with Crippen molar-refractivity contribution in [3.05, 3.63) is 48.2 Å². The third kappa shape index (κ3) is 3.90. The summed E-state index contributed by atoms with van der Waals surface area (Å²) in [5, 5.41) is 10.7. The summed E-state index contributed by atoms with van der Waals surface area (Å²) in [7, 11) is 0. The average molecular weight is 343 g/mol. The molecule has 0 aliphatic rings. The largest absolute Gasteiger partial charge is 0.459 e. The summed E-state index contributed by atoms with van der Waals surface area (Å²) in [4.78, 5) is 23.1. The number of Topliss-reactive ketones (excluding diaryl/α,β-unsaturated/α-hetero) is 1.